The van der Waals surface area contributed by atoms with Crippen molar-refractivity contribution in [3.8, 4) is 0 Å². The Morgan fingerprint density at radius 3 is 2.80 bits per heavy atom. The summed E-state index contributed by atoms with van der Waals surface area (Å²) >= 11 is 0. The largest absolute Gasteiger partial charge is 0.478 e. The van der Waals surface area contributed by atoms with Crippen LogP contribution in [0.15, 0.2) is 24.4 Å². The van der Waals surface area contributed by atoms with E-state index in [1.165, 1.54) is 58.0 Å². The smallest absolute Gasteiger partial charge is 0.328 e. The zero-order chi connectivity index (χ0) is 17.5. The van der Waals surface area contributed by atoms with Gasteiger partial charge in [-0.3, -0.25) is 0 Å². The van der Waals surface area contributed by atoms with Gasteiger partial charge in [0.25, 0.3) is 0 Å². The second-order valence-corrected chi connectivity index (χ2v) is 7.40. The predicted molar refractivity (Wildman–Crippen MR) is 101 cm³/mol. The monoisotopic (exact) mass is 343 g/mol. The molecule has 3 rings (SSSR count). The molecular weight excluding hydrogens is 314 g/mol. The Labute approximate surface area is 150 Å². The Kier molecular flexibility index (Phi) is 6.45. The van der Waals surface area contributed by atoms with Gasteiger partial charge in [0.05, 0.1) is 0 Å². The van der Waals surface area contributed by atoms with Gasteiger partial charge in [0, 0.05) is 31.4 Å². The molecule has 1 aliphatic carbocycles. The van der Waals surface area contributed by atoms with Crippen molar-refractivity contribution in [1.82, 2.24) is 9.88 Å². The van der Waals surface area contributed by atoms with Gasteiger partial charge in [-0.2, -0.15) is 0 Å². The summed E-state index contributed by atoms with van der Waals surface area (Å²) in [5.74, 6) is 0.824. The van der Waals surface area contributed by atoms with Crippen LogP contribution in [0.25, 0.3) is 6.08 Å². The summed E-state index contributed by atoms with van der Waals surface area (Å²) in [6, 6.07) is 4.28. The Balaban J connectivity index is 1.49. The first-order valence-electron chi connectivity index (χ1n) is 9.55. The number of aliphatic carboxylic acids is 1. The number of hydrogen-bond donors (Lipinski definition) is 2. The predicted octanol–water partition coefficient (Wildman–Crippen LogP) is 3.64. The molecule has 1 aromatic heterocycles. The lowest BCUT2D eigenvalue weighted by Gasteiger charge is -2.36. The van der Waals surface area contributed by atoms with E-state index in [1.54, 1.807) is 12.3 Å². The van der Waals surface area contributed by atoms with Crippen LogP contribution in [0.5, 0.6) is 0 Å². The molecule has 1 aliphatic heterocycles. The van der Waals surface area contributed by atoms with Gasteiger partial charge in [-0.25, -0.2) is 9.78 Å². The second kappa shape index (κ2) is 8.99. The lowest BCUT2D eigenvalue weighted by atomic mass is 9.88. The van der Waals surface area contributed by atoms with Gasteiger partial charge in [-0.1, -0.05) is 19.3 Å². The normalized spacial score (nSPS) is 23.0. The number of carboxylic acid groups (broad SMARTS) is 1. The molecule has 136 valence electrons. The number of carboxylic acids is 1. The maximum absolute atomic E-state index is 10.6. The maximum Gasteiger partial charge on any atom is 0.328 e. The van der Waals surface area contributed by atoms with E-state index in [4.69, 9.17) is 5.11 Å². The summed E-state index contributed by atoms with van der Waals surface area (Å²) in [4.78, 5) is 17.6. The van der Waals surface area contributed by atoms with Crippen molar-refractivity contribution < 1.29 is 9.90 Å². The van der Waals surface area contributed by atoms with Crippen molar-refractivity contribution in [2.24, 2.45) is 5.92 Å². The zero-order valence-electron chi connectivity index (χ0n) is 14.9. The fraction of sp³-hybridized carbons (Fsp3) is 0.600. The highest BCUT2D eigenvalue weighted by Crippen LogP contribution is 2.26. The SMILES string of the molecule is O=C(O)C=Cc1ccc(N[C@@H]2CCCN(CC3CCCCC3)C2)nc1. The van der Waals surface area contributed by atoms with Crippen LogP contribution in [0.4, 0.5) is 5.82 Å². The third-order valence-electron chi connectivity index (χ3n) is 5.30. The highest BCUT2D eigenvalue weighted by atomic mass is 16.4. The molecule has 2 fully saturated rings. The average molecular weight is 343 g/mol. The van der Waals surface area contributed by atoms with E-state index in [1.807, 2.05) is 12.1 Å². The minimum Gasteiger partial charge on any atom is -0.478 e. The Bertz CT molecular complexity index is 579. The molecule has 1 saturated heterocycles. The fourth-order valence-corrected chi connectivity index (χ4v) is 4.04. The quantitative estimate of drug-likeness (QED) is 0.772. The number of hydrogen-bond acceptors (Lipinski definition) is 4. The summed E-state index contributed by atoms with van der Waals surface area (Å²) < 4.78 is 0. The summed E-state index contributed by atoms with van der Waals surface area (Å²) in [5, 5.41) is 12.2. The molecule has 25 heavy (non-hydrogen) atoms. The van der Waals surface area contributed by atoms with Crippen LogP contribution >= 0.6 is 0 Å². The van der Waals surface area contributed by atoms with E-state index in [0.29, 0.717) is 6.04 Å². The molecule has 2 aliphatic rings. The van der Waals surface area contributed by atoms with Crippen LogP contribution < -0.4 is 5.32 Å². The third-order valence-corrected chi connectivity index (χ3v) is 5.30. The highest BCUT2D eigenvalue weighted by Gasteiger charge is 2.23. The molecule has 0 radical (unpaired) electrons. The van der Waals surface area contributed by atoms with Gasteiger partial charge in [-0.05, 0) is 61.9 Å². The van der Waals surface area contributed by atoms with Gasteiger partial charge < -0.3 is 15.3 Å². The summed E-state index contributed by atoms with van der Waals surface area (Å²) in [7, 11) is 0. The first-order chi connectivity index (χ1) is 12.2. The fourth-order valence-electron chi connectivity index (χ4n) is 4.04. The van der Waals surface area contributed by atoms with E-state index >= 15 is 0 Å². The number of pyridine rings is 1. The Morgan fingerprint density at radius 2 is 2.08 bits per heavy atom. The van der Waals surface area contributed by atoms with E-state index < -0.39 is 5.97 Å². The van der Waals surface area contributed by atoms with Crippen LogP contribution in [0.1, 0.15) is 50.5 Å². The molecule has 1 saturated carbocycles. The number of nitrogens with one attached hydrogen (secondary N) is 1. The van der Waals surface area contributed by atoms with Crippen molar-refractivity contribution in [2.75, 3.05) is 25.0 Å². The van der Waals surface area contributed by atoms with Gasteiger partial charge in [0.2, 0.25) is 0 Å². The molecule has 0 aromatic carbocycles. The van der Waals surface area contributed by atoms with Crippen LogP contribution in [-0.2, 0) is 4.79 Å². The van der Waals surface area contributed by atoms with E-state index in [2.05, 4.69) is 15.2 Å². The van der Waals surface area contributed by atoms with E-state index in [-0.39, 0.29) is 0 Å². The number of likely N-dealkylation sites (tertiary alicyclic amines) is 1. The molecular formula is C20H29N3O2. The van der Waals surface area contributed by atoms with Gasteiger partial charge in [0.15, 0.2) is 0 Å². The third kappa shape index (κ3) is 5.85. The van der Waals surface area contributed by atoms with Crippen molar-refractivity contribution in [1.29, 1.82) is 0 Å². The first kappa shape index (κ1) is 17.9. The molecule has 0 spiro atoms. The van der Waals surface area contributed by atoms with Crippen molar-refractivity contribution in [3.63, 3.8) is 0 Å². The number of nitrogens with zero attached hydrogens (tertiary/aromatic N) is 2. The number of rotatable bonds is 6. The van der Waals surface area contributed by atoms with Crippen molar-refractivity contribution in [2.45, 2.75) is 51.0 Å². The lowest BCUT2D eigenvalue weighted by molar-refractivity contribution is -0.131. The van der Waals surface area contributed by atoms with Crippen LogP contribution in [0.3, 0.4) is 0 Å². The molecule has 2 heterocycles. The lowest BCUT2D eigenvalue weighted by Crippen LogP contribution is -2.44. The van der Waals surface area contributed by atoms with Crippen molar-refractivity contribution >= 4 is 17.9 Å². The minimum absolute atomic E-state index is 0.449. The highest BCUT2D eigenvalue weighted by molar-refractivity contribution is 5.85. The molecule has 2 N–H and O–H groups in total. The van der Waals surface area contributed by atoms with Crippen LogP contribution in [0, 0.1) is 5.92 Å². The van der Waals surface area contributed by atoms with Gasteiger partial charge in [-0.15, -0.1) is 0 Å². The Morgan fingerprint density at radius 1 is 1.24 bits per heavy atom. The molecule has 5 nitrogen and oxygen atoms in total. The summed E-state index contributed by atoms with van der Waals surface area (Å²) in [6.45, 7) is 3.57. The van der Waals surface area contributed by atoms with Crippen molar-refractivity contribution in [3.05, 3.63) is 30.0 Å². The Hall–Kier alpha value is -1.88. The maximum atomic E-state index is 10.6. The summed E-state index contributed by atoms with van der Waals surface area (Å²) in [5.41, 5.74) is 0.801. The molecule has 0 unspecified atom stereocenters. The number of aromatic nitrogens is 1. The van der Waals surface area contributed by atoms with Gasteiger partial charge in [0.1, 0.15) is 5.82 Å². The standard InChI is InChI=1S/C20H29N3O2/c24-20(25)11-9-16-8-10-19(21-13-16)22-18-7-4-12-23(15-18)14-17-5-2-1-3-6-17/h8-11,13,17-18H,1-7,12,14-15H2,(H,21,22)(H,24,25)/t18-/m1/s1. The number of piperidine rings is 1. The van der Waals surface area contributed by atoms with E-state index in [9.17, 15) is 4.79 Å². The van der Waals surface area contributed by atoms with Crippen LogP contribution in [0.2, 0.25) is 0 Å². The number of carbonyl (C=O) groups is 1. The molecule has 1 atom stereocenters. The summed E-state index contributed by atoms with van der Waals surface area (Å²) in [6.07, 6.45) is 13.9. The minimum atomic E-state index is -0.942. The first-order valence-corrected chi connectivity index (χ1v) is 9.55. The molecule has 0 bridgehead atoms. The average Bonchev–Trinajstić information content (AvgIpc) is 2.62. The van der Waals surface area contributed by atoms with Crippen LogP contribution in [-0.4, -0.2) is 46.6 Å². The molecule has 1 aromatic rings. The number of anilines is 1. The van der Waals surface area contributed by atoms with Gasteiger partial charge >= 0.3 is 5.97 Å². The topological polar surface area (TPSA) is 65.5 Å². The molecule has 0 amide bonds. The second-order valence-electron chi connectivity index (χ2n) is 7.40. The molecule has 5 heteroatoms. The van der Waals surface area contributed by atoms with E-state index in [0.717, 1.165) is 29.9 Å². The zero-order valence-corrected chi connectivity index (χ0v) is 14.9.